The molecule has 1 aromatic carbocycles. The maximum atomic E-state index is 6.41. The highest BCUT2D eigenvalue weighted by Crippen LogP contribution is 2.19. The smallest absolute Gasteiger partial charge is 0.213 e. The lowest BCUT2D eigenvalue weighted by atomic mass is 9.91. The number of fused-ring (bicyclic) bond motifs is 1. The number of hydrogen-bond acceptors (Lipinski definition) is 4. The molecule has 0 spiro atoms. The van der Waals surface area contributed by atoms with E-state index in [2.05, 4.69) is 29.0 Å². The zero-order chi connectivity index (χ0) is 17.0. The average molecular weight is 321 g/mol. The number of aryl methyl sites for hydroxylation is 1. The van der Waals surface area contributed by atoms with Crippen LogP contribution < -0.4 is 10.5 Å². The van der Waals surface area contributed by atoms with Crippen LogP contribution in [-0.4, -0.2) is 22.1 Å². The summed E-state index contributed by atoms with van der Waals surface area (Å²) in [5, 5.41) is 1.05. The zero-order valence-electron chi connectivity index (χ0n) is 14.2. The van der Waals surface area contributed by atoms with Gasteiger partial charge in [-0.25, -0.2) is 4.98 Å². The Balaban J connectivity index is 1.59. The van der Waals surface area contributed by atoms with Crippen molar-refractivity contribution in [2.75, 3.05) is 6.61 Å². The first kappa shape index (κ1) is 16.4. The molecule has 4 nitrogen and oxygen atoms in total. The molecule has 0 aliphatic rings. The minimum atomic E-state index is -0.307. The highest BCUT2D eigenvalue weighted by molar-refractivity contribution is 5.80. The fourth-order valence-electron chi connectivity index (χ4n) is 2.80. The molecule has 0 aliphatic heterocycles. The highest BCUT2D eigenvalue weighted by atomic mass is 16.5. The van der Waals surface area contributed by atoms with Crippen LogP contribution in [0, 0.1) is 6.92 Å². The van der Waals surface area contributed by atoms with E-state index in [4.69, 9.17) is 10.5 Å². The first-order valence-electron chi connectivity index (χ1n) is 8.21. The van der Waals surface area contributed by atoms with Crippen LogP contribution in [0.1, 0.15) is 24.6 Å². The summed E-state index contributed by atoms with van der Waals surface area (Å²) >= 11 is 0. The average Bonchev–Trinajstić information content (AvgIpc) is 2.55. The molecule has 4 heteroatoms. The van der Waals surface area contributed by atoms with Crippen LogP contribution in [0.25, 0.3) is 10.9 Å². The molecule has 0 fully saturated rings. The van der Waals surface area contributed by atoms with Crippen molar-refractivity contribution in [2.24, 2.45) is 5.73 Å². The fraction of sp³-hybridized carbons (Fsp3) is 0.300. The predicted molar refractivity (Wildman–Crippen MR) is 97.1 cm³/mol. The van der Waals surface area contributed by atoms with Crippen molar-refractivity contribution in [3.63, 3.8) is 0 Å². The number of ether oxygens (including phenoxy) is 1. The van der Waals surface area contributed by atoms with Crippen molar-refractivity contribution in [1.82, 2.24) is 9.97 Å². The zero-order valence-corrected chi connectivity index (χ0v) is 14.2. The van der Waals surface area contributed by atoms with Crippen LogP contribution in [0.4, 0.5) is 0 Å². The minimum Gasteiger partial charge on any atom is -0.478 e. The SMILES string of the molecule is Cc1nccc2nc(OCCC(C)(N)Cc3ccccc3)ccc12. The normalized spacial score (nSPS) is 13.6. The predicted octanol–water partition coefficient (Wildman–Crippen LogP) is 3.67. The Morgan fingerprint density at radius 1 is 1.08 bits per heavy atom. The standard InChI is InChI=1S/C20H23N3O/c1-15-17-8-9-19(23-18(17)10-12-22-15)24-13-11-20(2,21)14-16-6-4-3-5-7-16/h3-10,12H,11,13-14,21H2,1-2H3. The monoisotopic (exact) mass is 321 g/mol. The van der Waals surface area contributed by atoms with Crippen molar-refractivity contribution >= 4 is 10.9 Å². The van der Waals surface area contributed by atoms with E-state index in [0.717, 1.165) is 29.4 Å². The van der Waals surface area contributed by atoms with Gasteiger partial charge in [0.1, 0.15) is 0 Å². The number of rotatable bonds is 6. The molecular formula is C20H23N3O. The Morgan fingerprint density at radius 2 is 1.88 bits per heavy atom. The number of benzene rings is 1. The van der Waals surface area contributed by atoms with E-state index in [1.165, 1.54) is 5.56 Å². The third-order valence-corrected chi connectivity index (χ3v) is 4.16. The second kappa shape index (κ2) is 6.97. The molecule has 24 heavy (non-hydrogen) atoms. The van der Waals surface area contributed by atoms with Gasteiger partial charge in [0.2, 0.25) is 5.88 Å². The molecule has 2 heterocycles. The Labute approximate surface area is 142 Å². The Kier molecular flexibility index (Phi) is 4.76. The number of aromatic nitrogens is 2. The lowest BCUT2D eigenvalue weighted by Gasteiger charge is -2.24. The largest absolute Gasteiger partial charge is 0.478 e. The maximum Gasteiger partial charge on any atom is 0.213 e. The molecule has 2 aromatic heterocycles. The van der Waals surface area contributed by atoms with E-state index >= 15 is 0 Å². The summed E-state index contributed by atoms with van der Waals surface area (Å²) in [6.07, 6.45) is 3.36. The highest BCUT2D eigenvalue weighted by Gasteiger charge is 2.19. The first-order chi connectivity index (χ1) is 11.5. The summed E-state index contributed by atoms with van der Waals surface area (Å²) in [6.45, 7) is 4.59. The van der Waals surface area contributed by atoms with E-state index in [0.29, 0.717) is 12.5 Å². The van der Waals surface area contributed by atoms with Crippen LogP contribution in [0.15, 0.2) is 54.7 Å². The number of hydrogen-bond donors (Lipinski definition) is 1. The molecule has 1 unspecified atom stereocenters. The number of nitrogens with two attached hydrogens (primary N) is 1. The Bertz CT molecular complexity index is 815. The summed E-state index contributed by atoms with van der Waals surface area (Å²) < 4.78 is 5.82. The van der Waals surface area contributed by atoms with Crippen LogP contribution >= 0.6 is 0 Å². The summed E-state index contributed by atoms with van der Waals surface area (Å²) in [6, 6.07) is 16.1. The molecule has 3 rings (SSSR count). The molecule has 0 aliphatic carbocycles. The van der Waals surface area contributed by atoms with Gasteiger partial charge in [-0.05, 0) is 44.4 Å². The van der Waals surface area contributed by atoms with Crippen LogP contribution in [0.2, 0.25) is 0 Å². The lowest BCUT2D eigenvalue weighted by Crippen LogP contribution is -2.40. The van der Waals surface area contributed by atoms with Crippen LogP contribution in [-0.2, 0) is 6.42 Å². The van der Waals surface area contributed by atoms with Gasteiger partial charge in [0, 0.05) is 28.9 Å². The molecule has 0 saturated carbocycles. The minimum absolute atomic E-state index is 0.307. The first-order valence-corrected chi connectivity index (χ1v) is 8.21. The molecule has 1 atom stereocenters. The summed E-state index contributed by atoms with van der Waals surface area (Å²) in [5.74, 6) is 0.628. The quantitative estimate of drug-likeness (QED) is 0.752. The molecule has 0 amide bonds. The van der Waals surface area contributed by atoms with Crippen molar-refractivity contribution in [1.29, 1.82) is 0 Å². The van der Waals surface area contributed by atoms with Gasteiger partial charge < -0.3 is 10.5 Å². The van der Waals surface area contributed by atoms with Crippen LogP contribution in [0.5, 0.6) is 5.88 Å². The molecule has 0 saturated heterocycles. The molecule has 2 N–H and O–H groups in total. The van der Waals surface area contributed by atoms with Gasteiger partial charge in [0.05, 0.1) is 12.1 Å². The van der Waals surface area contributed by atoms with Crippen molar-refractivity contribution < 1.29 is 4.74 Å². The van der Waals surface area contributed by atoms with Crippen molar-refractivity contribution in [3.05, 3.63) is 66.0 Å². The van der Waals surface area contributed by atoms with E-state index in [1.54, 1.807) is 6.20 Å². The molecule has 124 valence electrons. The van der Waals surface area contributed by atoms with Gasteiger partial charge in [-0.1, -0.05) is 30.3 Å². The Hall–Kier alpha value is -2.46. The van der Waals surface area contributed by atoms with E-state index < -0.39 is 0 Å². The number of nitrogens with zero attached hydrogens (tertiary/aromatic N) is 2. The topological polar surface area (TPSA) is 61.0 Å². The van der Waals surface area contributed by atoms with Crippen molar-refractivity contribution in [3.8, 4) is 5.88 Å². The number of pyridine rings is 2. The summed E-state index contributed by atoms with van der Waals surface area (Å²) in [4.78, 5) is 8.81. The van der Waals surface area contributed by atoms with Gasteiger partial charge >= 0.3 is 0 Å². The summed E-state index contributed by atoms with van der Waals surface area (Å²) in [5.41, 5.74) is 9.23. The third-order valence-electron chi connectivity index (χ3n) is 4.16. The van der Waals surface area contributed by atoms with E-state index in [1.807, 2.05) is 43.3 Å². The third kappa shape index (κ3) is 4.09. The summed E-state index contributed by atoms with van der Waals surface area (Å²) in [7, 11) is 0. The van der Waals surface area contributed by atoms with E-state index in [-0.39, 0.29) is 5.54 Å². The molecular weight excluding hydrogens is 298 g/mol. The second-order valence-corrected chi connectivity index (χ2v) is 6.53. The van der Waals surface area contributed by atoms with Gasteiger partial charge in [0.25, 0.3) is 0 Å². The molecule has 0 bridgehead atoms. The van der Waals surface area contributed by atoms with Gasteiger partial charge in [0.15, 0.2) is 0 Å². The molecule has 3 aromatic rings. The fourth-order valence-corrected chi connectivity index (χ4v) is 2.80. The van der Waals surface area contributed by atoms with E-state index in [9.17, 15) is 0 Å². The second-order valence-electron chi connectivity index (χ2n) is 6.53. The van der Waals surface area contributed by atoms with Gasteiger partial charge in [-0.2, -0.15) is 0 Å². The Morgan fingerprint density at radius 3 is 2.67 bits per heavy atom. The van der Waals surface area contributed by atoms with Crippen molar-refractivity contribution in [2.45, 2.75) is 32.2 Å². The molecule has 0 radical (unpaired) electrons. The van der Waals surface area contributed by atoms with Gasteiger partial charge in [-0.3, -0.25) is 4.98 Å². The lowest BCUT2D eigenvalue weighted by molar-refractivity contribution is 0.257. The van der Waals surface area contributed by atoms with Gasteiger partial charge in [-0.15, -0.1) is 0 Å². The maximum absolute atomic E-state index is 6.41. The van der Waals surface area contributed by atoms with Crippen LogP contribution in [0.3, 0.4) is 0 Å².